The molecule has 0 spiro atoms. The Morgan fingerprint density at radius 3 is 2.20 bits per heavy atom. The van der Waals surface area contributed by atoms with Gasteiger partial charge in [-0.2, -0.15) is 0 Å². The lowest BCUT2D eigenvalue weighted by atomic mass is 10.1. The van der Waals surface area contributed by atoms with Gasteiger partial charge in [-0.1, -0.05) is 15.9 Å². The number of anilines is 1. The lowest BCUT2D eigenvalue weighted by Gasteiger charge is -2.23. The molecule has 0 aliphatic carbocycles. The highest BCUT2D eigenvalue weighted by Crippen LogP contribution is 2.37. The highest BCUT2D eigenvalue weighted by atomic mass is 79.9. The topological polar surface area (TPSA) is 3.24 Å². The van der Waals surface area contributed by atoms with Crippen molar-refractivity contribution >= 4 is 37.5 Å². The van der Waals surface area contributed by atoms with E-state index in [1.807, 2.05) is 0 Å². The molecule has 0 N–H and O–H groups in total. The van der Waals surface area contributed by atoms with Crippen molar-refractivity contribution in [2.45, 2.75) is 26.7 Å². The van der Waals surface area contributed by atoms with Crippen LogP contribution in [0.25, 0.3) is 0 Å². The van der Waals surface area contributed by atoms with Crippen molar-refractivity contribution in [1.82, 2.24) is 0 Å². The minimum Gasteiger partial charge on any atom is -0.370 e. The molecule has 15 heavy (non-hydrogen) atoms. The van der Waals surface area contributed by atoms with Crippen LogP contribution in [0.4, 0.5) is 5.69 Å². The summed E-state index contributed by atoms with van der Waals surface area (Å²) in [5, 5.41) is 0. The maximum Gasteiger partial charge on any atom is 0.0543 e. The van der Waals surface area contributed by atoms with E-state index in [1.165, 1.54) is 51.7 Å². The summed E-state index contributed by atoms with van der Waals surface area (Å²) in [6, 6.07) is 2.16. The van der Waals surface area contributed by atoms with Crippen LogP contribution >= 0.6 is 31.9 Å². The second-order valence-electron chi connectivity index (χ2n) is 4.13. The summed E-state index contributed by atoms with van der Waals surface area (Å²) in [7, 11) is 0. The molecule has 1 heterocycles. The fourth-order valence-corrected chi connectivity index (χ4v) is 3.76. The monoisotopic (exact) mass is 331 g/mol. The standard InChI is InChI=1S/C12H15Br2N/c1-8-9(2)12(11(14)7-10(8)13)15-5-3-4-6-15/h7H,3-6H2,1-2H3. The fourth-order valence-electron chi connectivity index (χ4n) is 2.15. The van der Waals surface area contributed by atoms with Crippen LogP contribution in [-0.4, -0.2) is 13.1 Å². The summed E-state index contributed by atoms with van der Waals surface area (Å²) in [5.74, 6) is 0. The molecule has 1 aliphatic heterocycles. The fraction of sp³-hybridized carbons (Fsp3) is 0.500. The highest BCUT2D eigenvalue weighted by Gasteiger charge is 2.19. The van der Waals surface area contributed by atoms with Gasteiger partial charge >= 0.3 is 0 Å². The van der Waals surface area contributed by atoms with Crippen molar-refractivity contribution in [2.24, 2.45) is 0 Å². The van der Waals surface area contributed by atoms with Crippen molar-refractivity contribution in [2.75, 3.05) is 18.0 Å². The molecule has 3 heteroatoms. The molecule has 0 atom stereocenters. The predicted octanol–water partition coefficient (Wildman–Crippen LogP) is 4.43. The van der Waals surface area contributed by atoms with Gasteiger partial charge in [-0.25, -0.2) is 0 Å². The molecule has 2 rings (SSSR count). The summed E-state index contributed by atoms with van der Waals surface area (Å²) < 4.78 is 2.40. The van der Waals surface area contributed by atoms with E-state index in [2.05, 4.69) is 56.7 Å². The Morgan fingerprint density at radius 2 is 1.60 bits per heavy atom. The molecule has 1 aromatic carbocycles. The third kappa shape index (κ3) is 2.09. The van der Waals surface area contributed by atoms with E-state index in [9.17, 15) is 0 Å². The number of hydrogen-bond acceptors (Lipinski definition) is 1. The Kier molecular flexibility index (Phi) is 3.41. The van der Waals surface area contributed by atoms with Gasteiger partial charge in [0, 0.05) is 22.0 Å². The molecule has 1 aromatic rings. The molecular formula is C12H15Br2N. The van der Waals surface area contributed by atoms with E-state index in [-0.39, 0.29) is 0 Å². The minimum absolute atomic E-state index is 1.19. The largest absolute Gasteiger partial charge is 0.370 e. The lowest BCUT2D eigenvalue weighted by molar-refractivity contribution is 0.949. The van der Waals surface area contributed by atoms with Gasteiger partial charge in [0.25, 0.3) is 0 Å². The third-order valence-electron chi connectivity index (χ3n) is 3.18. The number of rotatable bonds is 1. The first-order valence-electron chi connectivity index (χ1n) is 5.31. The second-order valence-corrected chi connectivity index (χ2v) is 5.84. The summed E-state index contributed by atoms with van der Waals surface area (Å²) in [6.07, 6.45) is 2.64. The van der Waals surface area contributed by atoms with Crippen molar-refractivity contribution < 1.29 is 0 Å². The molecule has 1 fully saturated rings. The summed E-state index contributed by atoms with van der Waals surface area (Å²) in [4.78, 5) is 2.48. The molecule has 0 amide bonds. The first-order chi connectivity index (χ1) is 7.11. The highest BCUT2D eigenvalue weighted by molar-refractivity contribution is 9.11. The van der Waals surface area contributed by atoms with Gasteiger partial charge in [0.15, 0.2) is 0 Å². The van der Waals surface area contributed by atoms with E-state index in [0.29, 0.717) is 0 Å². The number of halogens is 2. The van der Waals surface area contributed by atoms with Crippen LogP contribution in [-0.2, 0) is 0 Å². The van der Waals surface area contributed by atoms with Crippen LogP contribution in [0, 0.1) is 13.8 Å². The van der Waals surface area contributed by atoms with Crippen LogP contribution in [0.1, 0.15) is 24.0 Å². The zero-order valence-corrected chi connectivity index (χ0v) is 12.3. The molecule has 0 radical (unpaired) electrons. The van der Waals surface area contributed by atoms with Crippen LogP contribution < -0.4 is 4.90 Å². The summed E-state index contributed by atoms with van der Waals surface area (Å²) in [5.41, 5.74) is 4.12. The van der Waals surface area contributed by atoms with Crippen molar-refractivity contribution in [3.63, 3.8) is 0 Å². The van der Waals surface area contributed by atoms with Crippen LogP contribution in [0.2, 0.25) is 0 Å². The molecule has 82 valence electrons. The maximum atomic E-state index is 3.67. The van der Waals surface area contributed by atoms with Gasteiger partial charge in [-0.05, 0) is 59.8 Å². The normalized spacial score (nSPS) is 16.1. The average molecular weight is 333 g/mol. The molecule has 1 saturated heterocycles. The van der Waals surface area contributed by atoms with E-state index in [4.69, 9.17) is 0 Å². The molecule has 0 saturated carbocycles. The minimum atomic E-state index is 1.19. The second kappa shape index (κ2) is 4.46. The van der Waals surface area contributed by atoms with Crippen molar-refractivity contribution in [3.8, 4) is 0 Å². The van der Waals surface area contributed by atoms with Gasteiger partial charge in [0.2, 0.25) is 0 Å². The smallest absolute Gasteiger partial charge is 0.0543 e. The van der Waals surface area contributed by atoms with E-state index >= 15 is 0 Å². The Labute approximate surface area is 108 Å². The Balaban J connectivity index is 2.50. The molecule has 0 aromatic heterocycles. The van der Waals surface area contributed by atoms with E-state index < -0.39 is 0 Å². The van der Waals surface area contributed by atoms with Gasteiger partial charge in [0.1, 0.15) is 0 Å². The van der Waals surface area contributed by atoms with E-state index in [1.54, 1.807) is 0 Å². The predicted molar refractivity (Wildman–Crippen MR) is 72.8 cm³/mol. The average Bonchev–Trinajstić information content (AvgIpc) is 2.68. The van der Waals surface area contributed by atoms with Crippen LogP contribution in [0.3, 0.4) is 0 Å². The molecule has 1 aliphatic rings. The van der Waals surface area contributed by atoms with Gasteiger partial charge < -0.3 is 4.90 Å². The number of benzene rings is 1. The lowest BCUT2D eigenvalue weighted by Crippen LogP contribution is -2.19. The van der Waals surface area contributed by atoms with E-state index in [0.717, 1.165) is 0 Å². The zero-order valence-electron chi connectivity index (χ0n) is 9.11. The Bertz CT molecular complexity index is 382. The zero-order chi connectivity index (χ0) is 11.0. The summed E-state index contributed by atoms with van der Waals surface area (Å²) in [6.45, 7) is 6.77. The Morgan fingerprint density at radius 1 is 1.00 bits per heavy atom. The first-order valence-corrected chi connectivity index (χ1v) is 6.90. The van der Waals surface area contributed by atoms with Crippen LogP contribution in [0.15, 0.2) is 15.0 Å². The number of hydrogen-bond donors (Lipinski definition) is 0. The Hall–Kier alpha value is -0.0200. The quantitative estimate of drug-likeness (QED) is 0.735. The SMILES string of the molecule is Cc1c(Br)cc(Br)c(N2CCCC2)c1C. The van der Waals surface area contributed by atoms with Crippen LogP contribution in [0.5, 0.6) is 0 Å². The van der Waals surface area contributed by atoms with Gasteiger partial charge in [-0.15, -0.1) is 0 Å². The van der Waals surface area contributed by atoms with Gasteiger partial charge in [-0.3, -0.25) is 0 Å². The molecular weight excluding hydrogens is 318 g/mol. The molecule has 1 nitrogen and oxygen atoms in total. The van der Waals surface area contributed by atoms with Crippen molar-refractivity contribution in [3.05, 3.63) is 26.1 Å². The maximum absolute atomic E-state index is 3.67. The number of nitrogens with zero attached hydrogens (tertiary/aromatic N) is 1. The third-order valence-corrected chi connectivity index (χ3v) is 4.61. The molecule has 0 unspecified atom stereocenters. The van der Waals surface area contributed by atoms with Gasteiger partial charge in [0.05, 0.1) is 5.69 Å². The first kappa shape index (κ1) is 11.5. The van der Waals surface area contributed by atoms with Crippen molar-refractivity contribution in [1.29, 1.82) is 0 Å². The summed E-state index contributed by atoms with van der Waals surface area (Å²) >= 11 is 7.26. The molecule has 0 bridgehead atoms.